The molecule has 132 valence electrons. The second-order valence-electron chi connectivity index (χ2n) is 5.90. The molecule has 2 aromatic carbocycles. The Morgan fingerprint density at radius 2 is 1.88 bits per heavy atom. The monoisotopic (exact) mass is 404 g/mol. The van der Waals surface area contributed by atoms with Gasteiger partial charge in [-0.05, 0) is 48.9 Å². The molecule has 2 aromatic rings. The van der Waals surface area contributed by atoms with Crippen LogP contribution in [0.4, 0.5) is 11.4 Å². The smallest absolute Gasteiger partial charge is 0.259 e. The van der Waals surface area contributed by atoms with Gasteiger partial charge in [0.1, 0.15) is 5.75 Å². The van der Waals surface area contributed by atoms with Gasteiger partial charge in [0.05, 0.1) is 25.9 Å². The van der Waals surface area contributed by atoms with E-state index in [0.717, 1.165) is 47.7 Å². The lowest BCUT2D eigenvalue weighted by molar-refractivity contribution is 0.102. The van der Waals surface area contributed by atoms with Crippen LogP contribution in [-0.4, -0.2) is 39.3 Å². The number of carbonyl (C=O) groups is 1. The van der Waals surface area contributed by atoms with Crippen molar-refractivity contribution in [2.24, 2.45) is 0 Å². The summed E-state index contributed by atoms with van der Waals surface area (Å²) in [5.41, 5.74) is 3.30. The summed E-state index contributed by atoms with van der Waals surface area (Å²) in [4.78, 5) is 14.9. The average molecular weight is 405 g/mol. The van der Waals surface area contributed by atoms with E-state index in [9.17, 15) is 4.79 Å². The molecule has 1 amide bonds. The quantitative estimate of drug-likeness (QED) is 0.840. The Morgan fingerprint density at radius 3 is 2.52 bits per heavy atom. The molecule has 1 fully saturated rings. The molecule has 0 unspecified atom stereocenters. The first kappa shape index (κ1) is 17.8. The number of hydrogen-bond donors (Lipinski definition) is 1. The van der Waals surface area contributed by atoms with E-state index in [1.165, 1.54) is 0 Å². The lowest BCUT2D eigenvalue weighted by Crippen LogP contribution is -2.36. The van der Waals surface area contributed by atoms with Gasteiger partial charge in [0.2, 0.25) is 0 Å². The maximum absolute atomic E-state index is 12.6. The zero-order chi connectivity index (χ0) is 17.8. The van der Waals surface area contributed by atoms with Crippen LogP contribution in [0.2, 0.25) is 0 Å². The van der Waals surface area contributed by atoms with Crippen molar-refractivity contribution in [3.63, 3.8) is 0 Å². The molecule has 0 saturated carbocycles. The van der Waals surface area contributed by atoms with Crippen LogP contribution in [0, 0.1) is 6.92 Å². The molecule has 3 rings (SSSR count). The Bertz CT molecular complexity index is 756. The number of nitrogens with zero attached hydrogens (tertiary/aromatic N) is 1. The fourth-order valence-electron chi connectivity index (χ4n) is 2.95. The Hall–Kier alpha value is -2.05. The van der Waals surface area contributed by atoms with E-state index in [0.29, 0.717) is 11.3 Å². The Labute approximate surface area is 156 Å². The highest BCUT2D eigenvalue weighted by molar-refractivity contribution is 9.10. The van der Waals surface area contributed by atoms with E-state index in [-0.39, 0.29) is 5.91 Å². The van der Waals surface area contributed by atoms with Gasteiger partial charge in [-0.2, -0.15) is 0 Å². The van der Waals surface area contributed by atoms with E-state index in [1.807, 2.05) is 37.3 Å². The molecular weight excluding hydrogens is 384 g/mol. The maximum Gasteiger partial charge on any atom is 0.259 e. The first-order chi connectivity index (χ1) is 12.1. The summed E-state index contributed by atoms with van der Waals surface area (Å²) in [7, 11) is 1.57. The van der Waals surface area contributed by atoms with Crippen LogP contribution >= 0.6 is 15.9 Å². The van der Waals surface area contributed by atoms with Gasteiger partial charge in [0.25, 0.3) is 5.91 Å². The summed E-state index contributed by atoms with van der Waals surface area (Å²) < 4.78 is 11.6. The fourth-order valence-corrected chi connectivity index (χ4v) is 3.52. The van der Waals surface area contributed by atoms with Crippen molar-refractivity contribution in [3.05, 3.63) is 52.0 Å². The van der Waals surface area contributed by atoms with Crippen molar-refractivity contribution in [1.82, 2.24) is 0 Å². The zero-order valence-electron chi connectivity index (χ0n) is 14.3. The van der Waals surface area contributed by atoms with Gasteiger partial charge in [-0.3, -0.25) is 4.79 Å². The largest absolute Gasteiger partial charge is 0.496 e. The number of anilines is 2. The van der Waals surface area contributed by atoms with E-state index < -0.39 is 0 Å². The fraction of sp³-hybridized carbons (Fsp3) is 0.316. The molecule has 5 nitrogen and oxygen atoms in total. The van der Waals surface area contributed by atoms with Crippen LogP contribution in [0.3, 0.4) is 0 Å². The number of benzene rings is 2. The highest BCUT2D eigenvalue weighted by Crippen LogP contribution is 2.29. The van der Waals surface area contributed by atoms with Gasteiger partial charge in [0, 0.05) is 28.9 Å². The van der Waals surface area contributed by atoms with Gasteiger partial charge < -0.3 is 19.7 Å². The average Bonchev–Trinajstić information content (AvgIpc) is 2.62. The van der Waals surface area contributed by atoms with Crippen LogP contribution in [0.1, 0.15) is 15.9 Å². The molecule has 1 saturated heterocycles. The van der Waals surface area contributed by atoms with Crippen LogP contribution < -0.4 is 15.0 Å². The Morgan fingerprint density at radius 1 is 1.20 bits per heavy atom. The second kappa shape index (κ2) is 7.89. The number of carbonyl (C=O) groups excluding carboxylic acids is 1. The molecule has 0 aliphatic carbocycles. The van der Waals surface area contributed by atoms with Crippen molar-refractivity contribution in [1.29, 1.82) is 0 Å². The lowest BCUT2D eigenvalue weighted by atomic mass is 10.1. The number of ether oxygens (including phenoxy) is 2. The normalized spacial score (nSPS) is 14.3. The molecule has 1 aliphatic heterocycles. The molecule has 1 aliphatic rings. The van der Waals surface area contributed by atoms with Crippen LogP contribution in [-0.2, 0) is 4.74 Å². The van der Waals surface area contributed by atoms with Gasteiger partial charge in [-0.1, -0.05) is 15.9 Å². The van der Waals surface area contributed by atoms with Crippen molar-refractivity contribution < 1.29 is 14.3 Å². The third-order valence-corrected chi connectivity index (χ3v) is 4.65. The predicted octanol–water partition coefficient (Wildman–Crippen LogP) is 3.86. The SMILES string of the molecule is COc1c(C)cc(Br)cc1C(=O)Nc1ccc(N2CCOCC2)cc1. The van der Waals surface area contributed by atoms with Gasteiger partial charge in [-0.15, -0.1) is 0 Å². The molecule has 25 heavy (non-hydrogen) atoms. The summed E-state index contributed by atoms with van der Waals surface area (Å²) in [6.07, 6.45) is 0. The minimum absolute atomic E-state index is 0.194. The molecule has 0 radical (unpaired) electrons. The molecule has 1 N–H and O–H groups in total. The van der Waals surface area contributed by atoms with E-state index in [1.54, 1.807) is 13.2 Å². The summed E-state index contributed by atoms with van der Waals surface area (Å²) in [6.45, 7) is 5.19. The second-order valence-corrected chi connectivity index (χ2v) is 6.82. The number of halogens is 1. The third kappa shape index (κ3) is 4.14. The zero-order valence-corrected chi connectivity index (χ0v) is 15.9. The maximum atomic E-state index is 12.6. The minimum Gasteiger partial charge on any atom is -0.496 e. The lowest BCUT2D eigenvalue weighted by Gasteiger charge is -2.28. The third-order valence-electron chi connectivity index (χ3n) is 4.19. The highest BCUT2D eigenvalue weighted by atomic mass is 79.9. The van der Waals surface area contributed by atoms with Crippen LogP contribution in [0.25, 0.3) is 0 Å². The Balaban J connectivity index is 1.75. The topological polar surface area (TPSA) is 50.8 Å². The number of nitrogens with one attached hydrogen (secondary N) is 1. The van der Waals surface area contributed by atoms with E-state index in [4.69, 9.17) is 9.47 Å². The number of methoxy groups -OCH3 is 1. The van der Waals surface area contributed by atoms with Crippen molar-refractivity contribution in [2.45, 2.75) is 6.92 Å². The summed E-state index contributed by atoms with van der Waals surface area (Å²) >= 11 is 3.43. The molecule has 0 atom stereocenters. The molecule has 6 heteroatoms. The summed E-state index contributed by atoms with van der Waals surface area (Å²) in [6, 6.07) is 11.6. The molecular formula is C19H21BrN2O3. The van der Waals surface area contributed by atoms with Crippen molar-refractivity contribution in [2.75, 3.05) is 43.6 Å². The molecule has 1 heterocycles. The number of rotatable bonds is 4. The molecule has 0 spiro atoms. The predicted molar refractivity (Wildman–Crippen MR) is 103 cm³/mol. The first-order valence-corrected chi connectivity index (χ1v) is 8.96. The molecule has 0 aromatic heterocycles. The van der Waals surface area contributed by atoms with Gasteiger partial charge in [-0.25, -0.2) is 0 Å². The number of morpholine rings is 1. The Kier molecular flexibility index (Phi) is 5.60. The van der Waals surface area contributed by atoms with E-state index in [2.05, 4.69) is 26.1 Å². The minimum atomic E-state index is -0.194. The first-order valence-electron chi connectivity index (χ1n) is 8.16. The summed E-state index contributed by atoms with van der Waals surface area (Å²) in [5, 5.41) is 2.93. The summed E-state index contributed by atoms with van der Waals surface area (Å²) in [5.74, 6) is 0.394. The van der Waals surface area contributed by atoms with Crippen molar-refractivity contribution >= 4 is 33.2 Å². The van der Waals surface area contributed by atoms with Crippen LogP contribution in [0.5, 0.6) is 5.75 Å². The van der Waals surface area contributed by atoms with Gasteiger partial charge in [0.15, 0.2) is 0 Å². The highest BCUT2D eigenvalue weighted by Gasteiger charge is 2.16. The van der Waals surface area contributed by atoms with E-state index >= 15 is 0 Å². The molecule has 0 bridgehead atoms. The van der Waals surface area contributed by atoms with Gasteiger partial charge >= 0.3 is 0 Å². The number of amides is 1. The van der Waals surface area contributed by atoms with Crippen LogP contribution in [0.15, 0.2) is 40.9 Å². The number of aryl methyl sites for hydroxylation is 1. The number of hydrogen-bond acceptors (Lipinski definition) is 4. The standard InChI is InChI=1S/C19H21BrN2O3/c1-13-11-14(20)12-17(18(13)24-2)19(23)21-15-3-5-16(6-4-15)22-7-9-25-10-8-22/h3-6,11-12H,7-10H2,1-2H3,(H,21,23). The van der Waals surface area contributed by atoms with Crippen molar-refractivity contribution in [3.8, 4) is 5.75 Å².